The van der Waals surface area contributed by atoms with E-state index in [0.717, 1.165) is 5.82 Å². The van der Waals surface area contributed by atoms with Crippen molar-refractivity contribution in [1.29, 1.82) is 0 Å². The molecule has 0 saturated heterocycles. The number of aromatic nitrogens is 3. The predicted molar refractivity (Wildman–Crippen MR) is 58.7 cm³/mol. The van der Waals surface area contributed by atoms with Gasteiger partial charge >= 0.3 is 0 Å². The fraction of sp³-hybridized carbons (Fsp3) is 0.800. The van der Waals surface area contributed by atoms with Crippen LogP contribution in [0.15, 0.2) is 0 Å². The largest absolute Gasteiger partial charge is 0.307 e. The van der Waals surface area contributed by atoms with Gasteiger partial charge in [0.25, 0.3) is 0 Å². The van der Waals surface area contributed by atoms with E-state index in [1.165, 1.54) is 0 Å². The van der Waals surface area contributed by atoms with Gasteiger partial charge in [0.1, 0.15) is 5.82 Å². The molecule has 78 valence electrons. The molecule has 0 aromatic carbocycles. The molecular weight excluding hydrogens is 194 g/mol. The van der Waals surface area contributed by atoms with Crippen molar-refractivity contribution in [2.24, 2.45) is 17.9 Å². The molecule has 0 aliphatic heterocycles. The molecule has 0 spiro atoms. The molecule has 1 aliphatic carbocycles. The first kappa shape index (κ1) is 9.90. The van der Waals surface area contributed by atoms with Crippen LogP contribution in [0.25, 0.3) is 0 Å². The molecule has 1 aliphatic rings. The summed E-state index contributed by atoms with van der Waals surface area (Å²) in [4.78, 5) is 0. The first-order valence-corrected chi connectivity index (χ1v) is 5.32. The summed E-state index contributed by atoms with van der Waals surface area (Å²) in [6, 6.07) is 0. The predicted octanol–water partition coefficient (Wildman–Crippen LogP) is 2.63. The highest BCUT2D eigenvalue weighted by Crippen LogP contribution is 2.73. The van der Waals surface area contributed by atoms with E-state index in [4.69, 9.17) is 12.2 Å². The van der Waals surface area contributed by atoms with Crippen molar-refractivity contribution in [3.05, 3.63) is 10.6 Å². The molecule has 3 nitrogen and oxygen atoms in total. The standard InChI is InChI=1S/C10H17N3S/c1-9(2)6(10(9,3)4)7-11-12-8(14)13(7)5/h6H,1-5H3,(H,12,14). The van der Waals surface area contributed by atoms with E-state index in [9.17, 15) is 0 Å². The van der Waals surface area contributed by atoms with Crippen LogP contribution in [0.3, 0.4) is 0 Å². The van der Waals surface area contributed by atoms with Crippen molar-refractivity contribution < 1.29 is 0 Å². The molecule has 2 rings (SSSR count). The second-order valence-electron chi connectivity index (χ2n) is 5.32. The van der Waals surface area contributed by atoms with Gasteiger partial charge in [-0.2, -0.15) is 5.10 Å². The first-order chi connectivity index (χ1) is 6.30. The Morgan fingerprint density at radius 1 is 1.29 bits per heavy atom. The Labute approximate surface area is 89.5 Å². The second kappa shape index (κ2) is 2.48. The highest BCUT2D eigenvalue weighted by atomic mass is 32.1. The highest BCUT2D eigenvalue weighted by Gasteiger charge is 2.67. The number of nitrogens with one attached hydrogen (secondary N) is 1. The minimum absolute atomic E-state index is 0.321. The number of hydrogen-bond acceptors (Lipinski definition) is 2. The van der Waals surface area contributed by atoms with Gasteiger partial charge in [0.2, 0.25) is 0 Å². The summed E-state index contributed by atoms with van der Waals surface area (Å²) in [6.07, 6.45) is 0. The molecule has 14 heavy (non-hydrogen) atoms. The second-order valence-corrected chi connectivity index (χ2v) is 5.71. The fourth-order valence-corrected chi connectivity index (χ4v) is 2.60. The van der Waals surface area contributed by atoms with Crippen molar-refractivity contribution in [1.82, 2.24) is 14.8 Å². The number of hydrogen-bond donors (Lipinski definition) is 1. The Morgan fingerprint density at radius 3 is 2.07 bits per heavy atom. The molecule has 0 amide bonds. The smallest absolute Gasteiger partial charge is 0.194 e. The van der Waals surface area contributed by atoms with Gasteiger partial charge < -0.3 is 4.57 Å². The van der Waals surface area contributed by atoms with Gasteiger partial charge in [-0.1, -0.05) is 27.7 Å². The minimum atomic E-state index is 0.321. The SMILES string of the molecule is Cn1c(C2C(C)(C)C2(C)C)n[nH]c1=S. The topological polar surface area (TPSA) is 33.6 Å². The molecule has 1 N–H and O–H groups in total. The van der Waals surface area contributed by atoms with Gasteiger partial charge in [-0.3, -0.25) is 5.10 Å². The maximum absolute atomic E-state index is 5.12. The molecular formula is C10H17N3S. The van der Waals surface area contributed by atoms with Gasteiger partial charge in [-0.25, -0.2) is 0 Å². The molecule has 1 fully saturated rings. The van der Waals surface area contributed by atoms with E-state index in [0.29, 0.717) is 21.5 Å². The zero-order chi connectivity index (χ0) is 10.7. The Kier molecular flexibility index (Phi) is 1.75. The van der Waals surface area contributed by atoms with Gasteiger partial charge in [0.05, 0.1) is 0 Å². The average Bonchev–Trinajstić information content (AvgIpc) is 2.36. The average molecular weight is 211 g/mol. The fourth-order valence-electron chi connectivity index (χ4n) is 2.46. The van der Waals surface area contributed by atoms with Crippen LogP contribution in [0.5, 0.6) is 0 Å². The maximum Gasteiger partial charge on any atom is 0.194 e. The molecule has 1 saturated carbocycles. The lowest BCUT2D eigenvalue weighted by Crippen LogP contribution is -1.99. The number of H-pyrrole nitrogens is 1. The van der Waals surface area contributed by atoms with Gasteiger partial charge in [0, 0.05) is 13.0 Å². The third kappa shape index (κ3) is 0.975. The molecule has 0 unspecified atom stereocenters. The Hall–Kier alpha value is -0.640. The number of rotatable bonds is 1. The van der Waals surface area contributed by atoms with Gasteiger partial charge in [-0.15, -0.1) is 0 Å². The van der Waals surface area contributed by atoms with Crippen LogP contribution >= 0.6 is 12.2 Å². The van der Waals surface area contributed by atoms with E-state index in [1.807, 2.05) is 11.6 Å². The minimum Gasteiger partial charge on any atom is -0.307 e. The van der Waals surface area contributed by atoms with Crippen LogP contribution in [-0.2, 0) is 7.05 Å². The highest BCUT2D eigenvalue weighted by molar-refractivity contribution is 7.71. The van der Waals surface area contributed by atoms with E-state index >= 15 is 0 Å². The number of nitrogens with zero attached hydrogens (tertiary/aromatic N) is 2. The quantitative estimate of drug-likeness (QED) is 0.724. The van der Waals surface area contributed by atoms with Gasteiger partial charge in [0.15, 0.2) is 4.77 Å². The van der Waals surface area contributed by atoms with Crippen LogP contribution in [0.1, 0.15) is 39.4 Å². The summed E-state index contributed by atoms with van der Waals surface area (Å²) in [6.45, 7) is 9.15. The Bertz CT molecular complexity index is 411. The monoisotopic (exact) mass is 211 g/mol. The van der Waals surface area contributed by atoms with Crippen molar-refractivity contribution in [2.75, 3.05) is 0 Å². The number of aromatic amines is 1. The van der Waals surface area contributed by atoms with Crippen LogP contribution in [-0.4, -0.2) is 14.8 Å². The lowest BCUT2D eigenvalue weighted by molar-refractivity contribution is 0.457. The Morgan fingerprint density at radius 2 is 1.79 bits per heavy atom. The van der Waals surface area contributed by atoms with Crippen molar-refractivity contribution in [2.45, 2.75) is 33.6 Å². The molecule has 4 heteroatoms. The summed E-state index contributed by atoms with van der Waals surface area (Å²) in [5.74, 6) is 1.60. The molecule has 0 atom stereocenters. The van der Waals surface area contributed by atoms with Crippen molar-refractivity contribution in [3.63, 3.8) is 0 Å². The van der Waals surface area contributed by atoms with Gasteiger partial charge in [-0.05, 0) is 23.0 Å². The zero-order valence-corrected chi connectivity index (χ0v) is 10.2. The third-order valence-electron chi connectivity index (χ3n) is 4.19. The summed E-state index contributed by atoms with van der Waals surface area (Å²) in [5.41, 5.74) is 0.642. The molecule has 1 aromatic heterocycles. The van der Waals surface area contributed by atoms with E-state index in [2.05, 4.69) is 37.9 Å². The molecule has 0 bridgehead atoms. The molecule has 1 heterocycles. The van der Waals surface area contributed by atoms with Crippen molar-refractivity contribution in [3.8, 4) is 0 Å². The summed E-state index contributed by atoms with van der Waals surface area (Å²) >= 11 is 5.12. The lowest BCUT2D eigenvalue weighted by atomic mass is 10.0. The van der Waals surface area contributed by atoms with Crippen LogP contribution in [0, 0.1) is 15.6 Å². The third-order valence-corrected chi connectivity index (χ3v) is 4.56. The van der Waals surface area contributed by atoms with Crippen LogP contribution < -0.4 is 0 Å². The molecule has 1 aromatic rings. The Balaban J connectivity index is 2.46. The van der Waals surface area contributed by atoms with E-state index in [1.54, 1.807) is 0 Å². The molecule has 0 radical (unpaired) electrons. The zero-order valence-electron chi connectivity index (χ0n) is 9.38. The van der Waals surface area contributed by atoms with E-state index < -0.39 is 0 Å². The maximum atomic E-state index is 5.12. The van der Waals surface area contributed by atoms with E-state index in [-0.39, 0.29) is 0 Å². The summed E-state index contributed by atoms with van der Waals surface area (Å²) < 4.78 is 2.69. The summed E-state index contributed by atoms with van der Waals surface area (Å²) in [7, 11) is 1.98. The van der Waals surface area contributed by atoms with Crippen LogP contribution in [0.2, 0.25) is 0 Å². The first-order valence-electron chi connectivity index (χ1n) is 4.91. The van der Waals surface area contributed by atoms with Crippen molar-refractivity contribution >= 4 is 12.2 Å². The van der Waals surface area contributed by atoms with Crippen LogP contribution in [0.4, 0.5) is 0 Å². The summed E-state index contributed by atoms with van der Waals surface area (Å²) in [5, 5.41) is 7.16. The lowest BCUT2D eigenvalue weighted by Gasteiger charge is -2.03. The normalized spacial score (nSPS) is 23.8.